The summed E-state index contributed by atoms with van der Waals surface area (Å²) in [6.45, 7) is 5.18. The van der Waals surface area contributed by atoms with Crippen molar-refractivity contribution >= 4 is 17.2 Å². The van der Waals surface area contributed by atoms with Gasteiger partial charge in [-0.1, -0.05) is 12.2 Å². The van der Waals surface area contributed by atoms with E-state index in [4.69, 9.17) is 27.4 Å². The summed E-state index contributed by atoms with van der Waals surface area (Å²) >= 11 is 5.06. The molecule has 98 valence electrons. The first-order valence-electron chi connectivity index (χ1n) is 6.10. The maximum atomic E-state index is 5.81. The number of aryl methyl sites for hydroxylation is 2. The first kappa shape index (κ1) is 13.2. The number of ether oxygens (including phenoxy) is 2. The number of pyridine rings is 1. The maximum absolute atomic E-state index is 5.81. The van der Waals surface area contributed by atoms with E-state index in [0.717, 1.165) is 36.4 Å². The van der Waals surface area contributed by atoms with Crippen molar-refractivity contribution in [1.29, 1.82) is 0 Å². The van der Waals surface area contributed by atoms with Crippen molar-refractivity contribution < 1.29 is 9.47 Å². The number of nitrogens with zero attached hydrogens (tertiary/aromatic N) is 1. The van der Waals surface area contributed by atoms with E-state index in [-0.39, 0.29) is 6.10 Å². The van der Waals surface area contributed by atoms with E-state index in [1.54, 1.807) is 0 Å². The molecule has 1 saturated heterocycles. The quantitative estimate of drug-likeness (QED) is 0.843. The van der Waals surface area contributed by atoms with Crippen LogP contribution in [0, 0.1) is 13.8 Å². The van der Waals surface area contributed by atoms with Gasteiger partial charge in [0.15, 0.2) is 0 Å². The first-order chi connectivity index (χ1) is 8.58. The van der Waals surface area contributed by atoms with Crippen molar-refractivity contribution in [3.63, 3.8) is 0 Å². The van der Waals surface area contributed by atoms with Gasteiger partial charge in [-0.2, -0.15) is 0 Å². The van der Waals surface area contributed by atoms with Gasteiger partial charge in [0.1, 0.15) is 17.3 Å². The van der Waals surface area contributed by atoms with Crippen LogP contribution in [0.3, 0.4) is 0 Å². The van der Waals surface area contributed by atoms with Gasteiger partial charge in [-0.05, 0) is 26.7 Å². The van der Waals surface area contributed by atoms with Gasteiger partial charge >= 0.3 is 0 Å². The lowest BCUT2D eigenvalue weighted by Crippen LogP contribution is -2.20. The minimum Gasteiger partial charge on any atom is -0.490 e. The summed E-state index contributed by atoms with van der Waals surface area (Å²) in [4.78, 5) is 4.68. The minimum absolute atomic E-state index is 0.179. The highest BCUT2D eigenvalue weighted by atomic mass is 32.1. The molecule has 0 aromatic carbocycles. The van der Waals surface area contributed by atoms with Crippen molar-refractivity contribution in [2.24, 2.45) is 5.73 Å². The summed E-state index contributed by atoms with van der Waals surface area (Å²) in [7, 11) is 0. The molecule has 2 N–H and O–H groups in total. The highest BCUT2D eigenvalue weighted by Crippen LogP contribution is 2.23. The van der Waals surface area contributed by atoms with E-state index in [9.17, 15) is 0 Å². The molecule has 1 aromatic heterocycles. The van der Waals surface area contributed by atoms with Crippen molar-refractivity contribution in [3.8, 4) is 5.75 Å². The van der Waals surface area contributed by atoms with Crippen molar-refractivity contribution in [1.82, 2.24) is 4.98 Å². The Labute approximate surface area is 112 Å². The zero-order valence-electron chi connectivity index (χ0n) is 10.7. The van der Waals surface area contributed by atoms with Gasteiger partial charge in [-0.25, -0.2) is 0 Å². The molecule has 1 aliphatic heterocycles. The molecule has 0 bridgehead atoms. The molecule has 0 spiro atoms. The second kappa shape index (κ2) is 5.63. The lowest BCUT2D eigenvalue weighted by molar-refractivity contribution is 0.0678. The summed E-state index contributed by atoms with van der Waals surface area (Å²) < 4.78 is 11.3. The van der Waals surface area contributed by atoms with Gasteiger partial charge < -0.3 is 15.2 Å². The number of rotatable bonds is 4. The summed E-state index contributed by atoms with van der Waals surface area (Å²) in [6, 6.07) is 1.87. The summed E-state index contributed by atoms with van der Waals surface area (Å²) in [6.07, 6.45) is 2.33. The topological polar surface area (TPSA) is 57.4 Å². The third-order valence-corrected chi connectivity index (χ3v) is 3.19. The molecule has 0 saturated carbocycles. The zero-order valence-corrected chi connectivity index (χ0v) is 11.5. The van der Waals surface area contributed by atoms with Crippen molar-refractivity contribution in [2.45, 2.75) is 32.8 Å². The smallest absolute Gasteiger partial charge is 0.133 e. The largest absolute Gasteiger partial charge is 0.490 e. The predicted octanol–water partition coefficient (Wildman–Crippen LogP) is 1.89. The van der Waals surface area contributed by atoms with Gasteiger partial charge in [0, 0.05) is 18.4 Å². The standard InChI is InChI=1S/C13H18N2O2S/c1-8-6-11(12(13(14)18)9(2)15-8)17-7-10-4-3-5-16-10/h6,10H,3-5,7H2,1-2H3,(H2,14,18). The van der Waals surface area contributed by atoms with Gasteiger partial charge in [0.2, 0.25) is 0 Å². The number of nitrogens with two attached hydrogens (primary N) is 1. The fourth-order valence-corrected chi connectivity index (χ4v) is 2.41. The van der Waals surface area contributed by atoms with Crippen LogP contribution in [0.1, 0.15) is 29.8 Å². The molecule has 1 fully saturated rings. The Hall–Kier alpha value is -1.20. The van der Waals surface area contributed by atoms with E-state index in [1.165, 1.54) is 0 Å². The van der Waals surface area contributed by atoms with Crippen LogP contribution in [0.5, 0.6) is 5.75 Å². The van der Waals surface area contributed by atoms with Crippen LogP contribution >= 0.6 is 12.2 Å². The summed E-state index contributed by atoms with van der Waals surface area (Å²) in [5, 5.41) is 0. The highest BCUT2D eigenvalue weighted by molar-refractivity contribution is 7.80. The van der Waals surface area contributed by atoms with Gasteiger partial charge in [0.25, 0.3) is 0 Å². The Morgan fingerprint density at radius 1 is 1.61 bits per heavy atom. The van der Waals surface area contributed by atoms with Crippen LogP contribution in [0.2, 0.25) is 0 Å². The maximum Gasteiger partial charge on any atom is 0.133 e. The van der Waals surface area contributed by atoms with Crippen LogP contribution in [0.4, 0.5) is 0 Å². The van der Waals surface area contributed by atoms with E-state index in [0.29, 0.717) is 17.3 Å². The van der Waals surface area contributed by atoms with Gasteiger partial charge in [-0.3, -0.25) is 4.98 Å². The molecule has 2 heterocycles. The zero-order chi connectivity index (χ0) is 13.1. The normalized spacial score (nSPS) is 18.9. The van der Waals surface area contributed by atoms with Gasteiger partial charge in [0.05, 0.1) is 17.4 Å². The Morgan fingerprint density at radius 3 is 3.00 bits per heavy atom. The first-order valence-corrected chi connectivity index (χ1v) is 6.51. The fraction of sp³-hybridized carbons (Fsp3) is 0.538. The lowest BCUT2D eigenvalue weighted by atomic mass is 10.1. The molecule has 0 aliphatic carbocycles. The van der Waals surface area contributed by atoms with Crippen molar-refractivity contribution in [2.75, 3.05) is 13.2 Å². The molecule has 4 nitrogen and oxygen atoms in total. The Balaban J connectivity index is 2.16. The third kappa shape index (κ3) is 2.97. The molecular weight excluding hydrogens is 248 g/mol. The minimum atomic E-state index is 0.179. The third-order valence-electron chi connectivity index (χ3n) is 2.99. The molecule has 2 rings (SSSR count). The molecule has 18 heavy (non-hydrogen) atoms. The number of hydrogen-bond donors (Lipinski definition) is 1. The molecule has 1 aromatic rings. The number of thiocarbonyl (C=S) groups is 1. The molecule has 1 unspecified atom stereocenters. The molecule has 0 radical (unpaired) electrons. The van der Waals surface area contributed by atoms with E-state index >= 15 is 0 Å². The van der Waals surface area contributed by atoms with E-state index < -0.39 is 0 Å². The predicted molar refractivity (Wildman–Crippen MR) is 74.1 cm³/mol. The van der Waals surface area contributed by atoms with Crippen molar-refractivity contribution in [3.05, 3.63) is 23.0 Å². The SMILES string of the molecule is Cc1cc(OCC2CCCO2)c(C(N)=S)c(C)n1. The van der Waals surface area contributed by atoms with E-state index in [2.05, 4.69) is 4.98 Å². The average molecular weight is 266 g/mol. The molecule has 0 amide bonds. The summed E-state index contributed by atoms with van der Waals surface area (Å²) in [5.41, 5.74) is 8.17. The van der Waals surface area contributed by atoms with Gasteiger partial charge in [-0.15, -0.1) is 0 Å². The lowest BCUT2D eigenvalue weighted by Gasteiger charge is -2.16. The summed E-state index contributed by atoms with van der Waals surface area (Å²) in [5.74, 6) is 0.711. The molecular formula is C13H18N2O2S. The second-order valence-electron chi connectivity index (χ2n) is 4.53. The second-order valence-corrected chi connectivity index (χ2v) is 4.97. The Bertz CT molecular complexity index is 457. The van der Waals surface area contributed by atoms with Crippen LogP contribution in [0.15, 0.2) is 6.07 Å². The van der Waals surface area contributed by atoms with E-state index in [1.807, 2.05) is 19.9 Å². The van der Waals surface area contributed by atoms with Crippen LogP contribution in [-0.4, -0.2) is 29.3 Å². The Morgan fingerprint density at radius 2 is 2.39 bits per heavy atom. The monoisotopic (exact) mass is 266 g/mol. The molecule has 1 atom stereocenters. The number of hydrogen-bond acceptors (Lipinski definition) is 4. The average Bonchev–Trinajstić information content (AvgIpc) is 2.77. The van der Waals surface area contributed by atoms with Crippen LogP contribution in [-0.2, 0) is 4.74 Å². The fourth-order valence-electron chi connectivity index (χ4n) is 2.16. The molecule has 5 heteroatoms. The Kier molecular flexibility index (Phi) is 4.14. The van der Waals surface area contributed by atoms with Crippen LogP contribution in [0.25, 0.3) is 0 Å². The number of aromatic nitrogens is 1. The highest BCUT2D eigenvalue weighted by Gasteiger charge is 2.18. The molecule has 1 aliphatic rings. The van der Waals surface area contributed by atoms with Crippen LogP contribution < -0.4 is 10.5 Å².